The zero-order valence-electron chi connectivity index (χ0n) is 33.9. The Morgan fingerprint density at radius 2 is 0.931 bits per heavy atom. The number of aliphatic hydroxyl groups excluding tert-OH is 4. The number of rotatable bonds is 12. The molecule has 0 spiro atoms. The van der Waals surface area contributed by atoms with Gasteiger partial charge in [0.1, 0.15) is 11.6 Å². The maximum Gasteiger partial charge on any atom is 0.179 e. The van der Waals surface area contributed by atoms with E-state index < -0.39 is 66.2 Å². The van der Waals surface area contributed by atoms with Crippen LogP contribution in [0.5, 0.6) is 0 Å². The van der Waals surface area contributed by atoms with E-state index in [4.69, 9.17) is 0 Å². The van der Waals surface area contributed by atoms with Gasteiger partial charge >= 0.3 is 0 Å². The molecule has 6 atom stereocenters. The summed E-state index contributed by atoms with van der Waals surface area (Å²) in [5.41, 5.74) is 0.600. The SMILES string of the molecule is CCCC[C@]1(CC)CS(=O)(=O)c2ccc(CO)cc2[C@@H](c2ccccc2F)[C@H]1O.CCCC[C@]1(CC)CS(=O)(=O)c2ccc(CO)cc2[C@H](c2ccccc2F)[C@@H]1O. The van der Waals surface area contributed by atoms with Crippen LogP contribution in [0.1, 0.15) is 124 Å². The van der Waals surface area contributed by atoms with Crippen molar-refractivity contribution < 1.29 is 46.0 Å². The molecule has 6 rings (SSSR count). The van der Waals surface area contributed by atoms with Crippen LogP contribution in [0.2, 0.25) is 0 Å². The molecule has 0 aromatic heterocycles. The van der Waals surface area contributed by atoms with Gasteiger partial charge in [0.05, 0.1) is 46.7 Å². The lowest BCUT2D eigenvalue weighted by Gasteiger charge is -2.39. The Labute approximate surface area is 342 Å². The van der Waals surface area contributed by atoms with Gasteiger partial charge in [-0.2, -0.15) is 0 Å². The quantitative estimate of drug-likeness (QED) is 0.111. The van der Waals surface area contributed by atoms with E-state index in [0.717, 1.165) is 25.7 Å². The largest absolute Gasteiger partial charge is 0.392 e. The summed E-state index contributed by atoms with van der Waals surface area (Å²) in [6.45, 7) is 7.31. The molecular formula is C46H58F2O8S2. The summed E-state index contributed by atoms with van der Waals surface area (Å²) in [5, 5.41) is 42.4. The van der Waals surface area contributed by atoms with E-state index in [1.807, 2.05) is 27.7 Å². The molecule has 4 aromatic rings. The molecule has 0 aliphatic carbocycles. The third kappa shape index (κ3) is 8.98. The average Bonchev–Trinajstić information content (AvgIpc) is 3.34. The molecule has 12 heteroatoms. The predicted molar refractivity (Wildman–Crippen MR) is 222 cm³/mol. The maximum atomic E-state index is 14.8. The first-order chi connectivity index (χ1) is 27.6. The van der Waals surface area contributed by atoms with E-state index in [0.29, 0.717) is 47.9 Å². The van der Waals surface area contributed by atoms with Crippen molar-refractivity contribution in [2.24, 2.45) is 10.8 Å². The molecular weight excluding hydrogens is 783 g/mol. The molecule has 0 unspecified atom stereocenters. The zero-order chi connectivity index (χ0) is 42.5. The van der Waals surface area contributed by atoms with Crippen LogP contribution in [0.25, 0.3) is 0 Å². The number of halogens is 2. The lowest BCUT2D eigenvalue weighted by molar-refractivity contribution is 0.0166. The highest BCUT2D eigenvalue weighted by Crippen LogP contribution is 2.51. The molecule has 2 aliphatic heterocycles. The van der Waals surface area contributed by atoms with Crippen LogP contribution in [0, 0.1) is 22.5 Å². The van der Waals surface area contributed by atoms with Crippen LogP contribution in [-0.4, -0.2) is 61.0 Å². The Morgan fingerprint density at radius 3 is 1.24 bits per heavy atom. The Kier molecular flexibility index (Phi) is 14.8. The first kappa shape index (κ1) is 45.6. The lowest BCUT2D eigenvalue weighted by atomic mass is 9.69. The molecule has 0 saturated carbocycles. The van der Waals surface area contributed by atoms with E-state index in [1.54, 1.807) is 60.7 Å². The maximum absolute atomic E-state index is 14.8. The number of sulfone groups is 2. The Bertz CT molecular complexity index is 2100. The summed E-state index contributed by atoms with van der Waals surface area (Å²) in [6.07, 6.45) is 3.21. The summed E-state index contributed by atoms with van der Waals surface area (Å²) >= 11 is 0. The van der Waals surface area contributed by atoms with Gasteiger partial charge in [-0.25, -0.2) is 25.6 Å². The van der Waals surface area contributed by atoms with E-state index in [-0.39, 0.29) is 45.6 Å². The lowest BCUT2D eigenvalue weighted by Crippen LogP contribution is -2.42. The van der Waals surface area contributed by atoms with Gasteiger partial charge in [-0.1, -0.05) is 114 Å². The van der Waals surface area contributed by atoms with Gasteiger partial charge in [-0.15, -0.1) is 0 Å². The number of aliphatic hydroxyl groups is 4. The van der Waals surface area contributed by atoms with Gasteiger partial charge in [0.15, 0.2) is 19.7 Å². The third-order valence-corrected chi connectivity index (χ3v) is 16.6. The van der Waals surface area contributed by atoms with Crippen LogP contribution in [-0.2, 0) is 32.9 Å². The van der Waals surface area contributed by atoms with E-state index >= 15 is 0 Å². The molecule has 0 bridgehead atoms. The molecule has 316 valence electrons. The van der Waals surface area contributed by atoms with E-state index in [1.165, 1.54) is 24.3 Å². The molecule has 0 radical (unpaired) electrons. The van der Waals surface area contributed by atoms with Crippen molar-refractivity contribution in [3.05, 3.63) is 130 Å². The van der Waals surface area contributed by atoms with Crippen molar-refractivity contribution >= 4 is 19.7 Å². The second kappa shape index (κ2) is 18.8. The molecule has 0 amide bonds. The van der Waals surface area contributed by atoms with Gasteiger partial charge in [0.2, 0.25) is 0 Å². The van der Waals surface area contributed by atoms with Crippen LogP contribution in [0.4, 0.5) is 8.78 Å². The van der Waals surface area contributed by atoms with Crippen molar-refractivity contribution in [1.82, 2.24) is 0 Å². The number of unbranched alkanes of at least 4 members (excludes halogenated alkanes) is 2. The monoisotopic (exact) mass is 840 g/mol. The van der Waals surface area contributed by atoms with Crippen LogP contribution in [0.15, 0.2) is 94.7 Å². The summed E-state index contributed by atoms with van der Waals surface area (Å²) in [5.74, 6) is -2.95. The van der Waals surface area contributed by atoms with Gasteiger partial charge in [-0.05, 0) is 83.3 Å². The third-order valence-electron chi connectivity index (χ3n) is 12.6. The summed E-state index contributed by atoms with van der Waals surface area (Å²) in [4.78, 5) is 0.239. The Hall–Kier alpha value is -3.52. The standard InChI is InChI=1S/2C23H29FO4S/c2*1-3-5-12-23(4-2)15-29(27,28)20-11-10-16(14-25)13-18(20)21(22(23)26)17-8-6-7-9-19(17)24/h2*6-11,13,21-22,25-26H,3-5,12,14-15H2,1-2H3/t21-,22-,23+;21-,22-,23-/m01/s1. The molecule has 0 fully saturated rings. The fourth-order valence-corrected chi connectivity index (χ4v) is 13.7. The van der Waals surface area contributed by atoms with Crippen LogP contribution >= 0.6 is 0 Å². The van der Waals surface area contributed by atoms with Crippen molar-refractivity contribution in [2.45, 2.75) is 126 Å². The Morgan fingerprint density at radius 1 is 0.569 bits per heavy atom. The second-order valence-corrected chi connectivity index (χ2v) is 20.0. The van der Waals surface area contributed by atoms with Crippen LogP contribution in [0.3, 0.4) is 0 Å². The minimum absolute atomic E-state index is 0.119. The molecule has 4 N–H and O–H groups in total. The minimum atomic E-state index is -3.70. The van der Waals surface area contributed by atoms with Gasteiger partial charge in [0.25, 0.3) is 0 Å². The normalized spacial score (nSPS) is 26.0. The summed E-state index contributed by atoms with van der Waals surface area (Å²) < 4.78 is 83.2. The van der Waals surface area contributed by atoms with Crippen LogP contribution < -0.4 is 0 Å². The Balaban J connectivity index is 0.000000221. The fourth-order valence-electron chi connectivity index (χ4n) is 9.18. The second-order valence-electron chi connectivity index (χ2n) is 16.1. The molecule has 8 nitrogen and oxygen atoms in total. The van der Waals surface area contributed by atoms with Gasteiger partial charge in [0, 0.05) is 22.7 Å². The molecule has 58 heavy (non-hydrogen) atoms. The number of benzene rings is 4. The highest BCUT2D eigenvalue weighted by atomic mass is 32.2. The van der Waals surface area contributed by atoms with E-state index in [9.17, 15) is 46.0 Å². The molecule has 2 aliphatic rings. The number of hydrogen-bond acceptors (Lipinski definition) is 8. The van der Waals surface area contributed by atoms with E-state index in [2.05, 4.69) is 0 Å². The zero-order valence-corrected chi connectivity index (χ0v) is 35.5. The topological polar surface area (TPSA) is 149 Å². The van der Waals surface area contributed by atoms with Crippen molar-refractivity contribution in [3.8, 4) is 0 Å². The van der Waals surface area contributed by atoms with Crippen molar-refractivity contribution in [3.63, 3.8) is 0 Å². The highest BCUT2D eigenvalue weighted by molar-refractivity contribution is 7.91. The average molecular weight is 841 g/mol. The first-order valence-electron chi connectivity index (χ1n) is 20.4. The fraction of sp³-hybridized carbons (Fsp3) is 0.478. The van der Waals surface area contributed by atoms with Gasteiger partial charge < -0.3 is 20.4 Å². The van der Waals surface area contributed by atoms with Gasteiger partial charge in [-0.3, -0.25) is 0 Å². The highest BCUT2D eigenvalue weighted by Gasteiger charge is 2.51. The molecule has 4 aromatic carbocycles. The smallest absolute Gasteiger partial charge is 0.179 e. The minimum Gasteiger partial charge on any atom is -0.392 e. The van der Waals surface area contributed by atoms with Crippen molar-refractivity contribution in [1.29, 1.82) is 0 Å². The summed E-state index contributed by atoms with van der Waals surface area (Å²) in [6, 6.07) is 21.7. The molecule has 0 saturated heterocycles. The number of fused-ring (bicyclic) bond motifs is 2. The van der Waals surface area contributed by atoms with Crippen molar-refractivity contribution in [2.75, 3.05) is 11.5 Å². The molecule has 2 heterocycles. The first-order valence-corrected chi connectivity index (χ1v) is 23.7. The predicted octanol–water partition coefficient (Wildman–Crippen LogP) is 8.37. The summed E-state index contributed by atoms with van der Waals surface area (Å²) in [7, 11) is -7.41. The number of hydrogen-bond donors (Lipinski definition) is 4.